The maximum Gasteiger partial charge on any atom is 0.428 e. The smallest absolute Gasteiger partial charge is 0.422 e. The first-order chi connectivity index (χ1) is 11.5. The van der Waals surface area contributed by atoms with Crippen molar-refractivity contribution < 1.29 is 9.09 Å². The topological polar surface area (TPSA) is 29.5 Å². The highest BCUT2D eigenvalue weighted by atomic mass is 35.9. The lowest BCUT2D eigenvalue weighted by atomic mass is 10.2. The normalized spacial score (nSPS) is 11.1. The molecule has 0 bridgehead atoms. The van der Waals surface area contributed by atoms with E-state index in [1.54, 1.807) is 12.1 Å². The average Bonchev–Trinajstić information content (AvgIpc) is 2.57. The quantitative estimate of drug-likeness (QED) is 0.443. The Hall–Kier alpha value is -1.93. The number of hydrogen-bond acceptors (Lipinski definition) is 3. The number of para-hydroxylation sites is 2. The lowest BCUT2D eigenvalue weighted by Crippen LogP contribution is -2.09. The molecule has 0 unspecified atom stereocenters. The molecule has 6 heteroatoms. The van der Waals surface area contributed by atoms with E-state index in [2.05, 4.69) is 4.90 Å². The highest BCUT2D eigenvalue weighted by Gasteiger charge is 2.17. The molecular weight excluding hydrogens is 364 g/mol. The first-order valence-electron chi connectivity index (χ1n) is 7.22. The average molecular weight is 378 g/mol. The number of halogens is 2. The molecule has 0 atom stereocenters. The maximum atomic E-state index is 11.3. The van der Waals surface area contributed by atoms with Gasteiger partial charge in [-0.1, -0.05) is 36.4 Å². The van der Waals surface area contributed by atoms with Crippen LogP contribution in [0.2, 0.25) is 0 Å². The lowest BCUT2D eigenvalue weighted by molar-refractivity contribution is 0.513. The summed E-state index contributed by atoms with van der Waals surface area (Å²) < 4.78 is 16.4. The van der Waals surface area contributed by atoms with Gasteiger partial charge in [0, 0.05) is 39.5 Å². The monoisotopic (exact) mass is 377 g/mol. The molecule has 0 saturated carbocycles. The van der Waals surface area contributed by atoms with Crippen LogP contribution in [-0.2, 0) is 4.57 Å². The van der Waals surface area contributed by atoms with Crippen molar-refractivity contribution in [3.8, 4) is 5.75 Å². The Morgan fingerprint density at radius 3 is 1.50 bits per heavy atom. The van der Waals surface area contributed by atoms with Crippen molar-refractivity contribution in [2.75, 3.05) is 4.90 Å². The summed E-state index contributed by atoms with van der Waals surface area (Å²) in [5.41, 5.74) is 2.98. The molecule has 3 rings (SSSR count). The Balaban J connectivity index is 1.99. The zero-order chi connectivity index (χ0) is 17.0. The number of hydrogen-bond donors (Lipinski definition) is 0. The van der Waals surface area contributed by atoms with E-state index in [-0.39, 0.29) is 0 Å². The SMILES string of the molecule is O=P(Cl)(Cl)Oc1ccc(N(c2ccccc2)c2ccccc2)cc1. The van der Waals surface area contributed by atoms with Gasteiger partial charge in [-0.25, -0.2) is 4.57 Å². The predicted octanol–water partition coefficient (Wildman–Crippen LogP) is 7.12. The number of benzene rings is 3. The van der Waals surface area contributed by atoms with Crippen LogP contribution in [0.4, 0.5) is 17.1 Å². The Morgan fingerprint density at radius 2 is 1.08 bits per heavy atom. The highest BCUT2D eigenvalue weighted by Crippen LogP contribution is 2.57. The van der Waals surface area contributed by atoms with E-state index in [4.69, 9.17) is 27.0 Å². The Labute approximate surface area is 150 Å². The van der Waals surface area contributed by atoms with Crippen LogP contribution in [0.25, 0.3) is 0 Å². The van der Waals surface area contributed by atoms with Gasteiger partial charge in [-0.2, -0.15) is 0 Å². The van der Waals surface area contributed by atoms with Crippen LogP contribution in [0.3, 0.4) is 0 Å². The Morgan fingerprint density at radius 1 is 0.667 bits per heavy atom. The molecule has 0 radical (unpaired) electrons. The van der Waals surface area contributed by atoms with Gasteiger partial charge in [-0.05, 0) is 48.5 Å². The van der Waals surface area contributed by atoms with Crippen molar-refractivity contribution in [1.29, 1.82) is 0 Å². The summed E-state index contributed by atoms with van der Waals surface area (Å²) in [5.74, 6) is 0.355. The third kappa shape index (κ3) is 4.33. The molecule has 3 aromatic carbocycles. The van der Waals surface area contributed by atoms with Gasteiger partial charge < -0.3 is 9.42 Å². The van der Waals surface area contributed by atoms with Crippen LogP contribution in [0.1, 0.15) is 0 Å². The van der Waals surface area contributed by atoms with E-state index in [1.807, 2.05) is 72.8 Å². The van der Waals surface area contributed by atoms with Crippen LogP contribution < -0.4 is 9.42 Å². The van der Waals surface area contributed by atoms with E-state index < -0.39 is 6.07 Å². The summed E-state index contributed by atoms with van der Waals surface area (Å²) >= 11 is 10.9. The van der Waals surface area contributed by atoms with Gasteiger partial charge in [0.1, 0.15) is 5.75 Å². The molecule has 0 N–H and O–H groups in total. The predicted molar refractivity (Wildman–Crippen MR) is 101 cm³/mol. The molecular formula is C18H14Cl2NO2P. The van der Waals surface area contributed by atoms with E-state index >= 15 is 0 Å². The first-order valence-corrected chi connectivity index (χ1v) is 10.7. The fourth-order valence-electron chi connectivity index (χ4n) is 2.38. The van der Waals surface area contributed by atoms with E-state index in [9.17, 15) is 4.57 Å². The minimum atomic E-state index is -3.61. The fraction of sp³-hybridized carbons (Fsp3) is 0. The molecule has 3 aromatic rings. The minimum absolute atomic E-state index is 0.355. The summed E-state index contributed by atoms with van der Waals surface area (Å²) in [6, 6.07) is 27.1. The molecule has 0 aliphatic carbocycles. The van der Waals surface area contributed by atoms with Crippen LogP contribution in [0, 0.1) is 0 Å². The van der Waals surface area contributed by atoms with Gasteiger partial charge in [0.2, 0.25) is 0 Å². The second-order valence-electron chi connectivity index (χ2n) is 5.01. The second kappa shape index (κ2) is 7.31. The van der Waals surface area contributed by atoms with E-state index in [1.165, 1.54) is 0 Å². The van der Waals surface area contributed by atoms with Crippen LogP contribution in [0.5, 0.6) is 5.75 Å². The zero-order valence-electron chi connectivity index (χ0n) is 12.5. The molecule has 0 fully saturated rings. The highest BCUT2D eigenvalue weighted by molar-refractivity contribution is 8.05. The third-order valence-corrected chi connectivity index (χ3v) is 4.17. The lowest BCUT2D eigenvalue weighted by Gasteiger charge is -2.25. The van der Waals surface area contributed by atoms with Gasteiger partial charge in [0.15, 0.2) is 0 Å². The molecule has 24 heavy (non-hydrogen) atoms. The van der Waals surface area contributed by atoms with Gasteiger partial charge in [0.25, 0.3) is 0 Å². The molecule has 0 spiro atoms. The summed E-state index contributed by atoms with van der Waals surface area (Å²) in [4.78, 5) is 2.10. The van der Waals surface area contributed by atoms with Crippen LogP contribution in [-0.4, -0.2) is 0 Å². The summed E-state index contributed by atoms with van der Waals surface area (Å²) in [7, 11) is 0. The molecule has 0 aromatic heterocycles. The second-order valence-corrected chi connectivity index (χ2v) is 9.21. The molecule has 0 aliphatic rings. The summed E-state index contributed by atoms with van der Waals surface area (Å²) in [6.07, 6.45) is -3.61. The molecule has 0 amide bonds. The van der Waals surface area contributed by atoms with Crippen molar-refractivity contribution in [2.45, 2.75) is 0 Å². The standard InChI is InChI=1S/C18H14Cl2NO2P/c19-24(20,22)23-18-13-11-17(12-14-18)21(15-7-3-1-4-8-15)16-9-5-2-6-10-16/h1-14H. The summed E-state index contributed by atoms with van der Waals surface area (Å²) in [6.45, 7) is 0. The Kier molecular flexibility index (Phi) is 5.15. The fourth-order valence-corrected chi connectivity index (χ4v) is 3.23. The van der Waals surface area contributed by atoms with E-state index in [0.717, 1.165) is 17.1 Å². The van der Waals surface area contributed by atoms with Crippen molar-refractivity contribution in [1.82, 2.24) is 0 Å². The number of rotatable bonds is 5. The zero-order valence-corrected chi connectivity index (χ0v) is 15.0. The van der Waals surface area contributed by atoms with E-state index in [0.29, 0.717) is 5.75 Å². The first kappa shape index (κ1) is 16.9. The largest absolute Gasteiger partial charge is 0.428 e. The number of nitrogens with zero attached hydrogens (tertiary/aromatic N) is 1. The molecule has 122 valence electrons. The molecule has 0 heterocycles. The maximum absolute atomic E-state index is 11.3. The van der Waals surface area contributed by atoms with Crippen LogP contribution in [0.15, 0.2) is 84.9 Å². The summed E-state index contributed by atoms with van der Waals surface area (Å²) in [5, 5.41) is 0. The van der Waals surface area contributed by atoms with Crippen molar-refractivity contribution in [2.24, 2.45) is 0 Å². The van der Waals surface area contributed by atoms with Gasteiger partial charge >= 0.3 is 6.07 Å². The van der Waals surface area contributed by atoms with Crippen molar-refractivity contribution >= 4 is 45.6 Å². The minimum Gasteiger partial charge on any atom is -0.422 e. The Bertz CT molecular complexity index is 796. The number of anilines is 3. The van der Waals surface area contributed by atoms with Gasteiger partial charge in [0.05, 0.1) is 0 Å². The van der Waals surface area contributed by atoms with Crippen LogP contribution >= 0.6 is 28.6 Å². The van der Waals surface area contributed by atoms with Crippen molar-refractivity contribution in [3.05, 3.63) is 84.9 Å². The van der Waals surface area contributed by atoms with Crippen molar-refractivity contribution in [3.63, 3.8) is 0 Å². The molecule has 0 saturated heterocycles. The third-order valence-electron chi connectivity index (χ3n) is 3.34. The van der Waals surface area contributed by atoms with Gasteiger partial charge in [-0.15, -0.1) is 0 Å². The molecule has 0 aliphatic heterocycles. The van der Waals surface area contributed by atoms with Gasteiger partial charge in [-0.3, -0.25) is 0 Å². The molecule has 3 nitrogen and oxygen atoms in total.